The highest BCUT2D eigenvalue weighted by atomic mass is 32.1. The van der Waals surface area contributed by atoms with Crippen LogP contribution >= 0.6 is 11.3 Å². The standard InChI is InChI=1S/C28H25N3O3S/c1-2-34-20-12-10-17(11-13-20)24-25-21(15-18(16-22(25)32)23-9-6-14-35-23)29-27-26(24)28(33)31(30-27)19-7-4-3-5-8-19/h3-14,18,24,29-30H,2,15-16H2,1H3/t18-,24-/m0/s1. The van der Waals surface area contributed by atoms with Crippen molar-refractivity contribution in [1.82, 2.24) is 9.78 Å². The molecule has 0 fully saturated rings. The van der Waals surface area contributed by atoms with Crippen molar-refractivity contribution in [2.24, 2.45) is 0 Å². The van der Waals surface area contributed by atoms with Crippen molar-refractivity contribution in [3.63, 3.8) is 0 Å². The molecule has 6 rings (SSSR count). The first-order chi connectivity index (χ1) is 17.1. The van der Waals surface area contributed by atoms with Gasteiger partial charge in [0.1, 0.15) is 11.6 Å². The topological polar surface area (TPSA) is 76.1 Å². The monoisotopic (exact) mass is 483 g/mol. The zero-order valence-corrected chi connectivity index (χ0v) is 20.1. The maximum Gasteiger partial charge on any atom is 0.277 e. The zero-order chi connectivity index (χ0) is 23.9. The van der Waals surface area contributed by atoms with E-state index in [1.54, 1.807) is 16.0 Å². The maximum atomic E-state index is 13.7. The fourth-order valence-corrected chi connectivity index (χ4v) is 6.06. The summed E-state index contributed by atoms with van der Waals surface area (Å²) < 4.78 is 7.18. The first-order valence-corrected chi connectivity index (χ1v) is 12.7. The zero-order valence-electron chi connectivity index (χ0n) is 19.3. The van der Waals surface area contributed by atoms with E-state index in [1.807, 2.05) is 67.6 Å². The number of nitrogens with one attached hydrogen (secondary N) is 2. The highest BCUT2D eigenvalue weighted by Gasteiger charge is 2.41. The number of rotatable bonds is 5. The molecule has 0 radical (unpaired) electrons. The molecule has 6 nitrogen and oxygen atoms in total. The van der Waals surface area contributed by atoms with Gasteiger partial charge < -0.3 is 10.1 Å². The minimum absolute atomic E-state index is 0.0912. The number of H-pyrrole nitrogens is 1. The predicted molar refractivity (Wildman–Crippen MR) is 138 cm³/mol. The number of para-hydroxylation sites is 1. The predicted octanol–water partition coefficient (Wildman–Crippen LogP) is 5.58. The average Bonchev–Trinajstić information content (AvgIpc) is 3.53. The number of benzene rings is 2. The number of fused-ring (bicyclic) bond motifs is 1. The number of Topliss-reactive ketones (excluding diaryl/α,β-unsaturated/α-hetero) is 1. The molecule has 7 heteroatoms. The van der Waals surface area contributed by atoms with Crippen molar-refractivity contribution in [2.45, 2.75) is 31.6 Å². The Bertz CT molecular complexity index is 1460. The van der Waals surface area contributed by atoms with Crippen molar-refractivity contribution < 1.29 is 9.53 Å². The molecule has 2 aliphatic rings. The van der Waals surface area contributed by atoms with Gasteiger partial charge in [-0.1, -0.05) is 36.4 Å². The maximum absolute atomic E-state index is 13.7. The van der Waals surface area contributed by atoms with Gasteiger partial charge in [-0.05, 0) is 54.6 Å². The number of aromatic amines is 1. The van der Waals surface area contributed by atoms with Crippen molar-refractivity contribution in [3.05, 3.63) is 110 Å². The van der Waals surface area contributed by atoms with Crippen LogP contribution in [-0.2, 0) is 4.79 Å². The molecule has 0 saturated carbocycles. The first kappa shape index (κ1) is 21.7. The van der Waals surface area contributed by atoms with Crippen LogP contribution in [0.25, 0.3) is 5.69 Å². The Hall–Kier alpha value is -3.84. The summed E-state index contributed by atoms with van der Waals surface area (Å²) in [6, 6.07) is 21.4. The van der Waals surface area contributed by atoms with Crippen LogP contribution in [0.1, 0.15) is 47.6 Å². The summed E-state index contributed by atoms with van der Waals surface area (Å²) in [4.78, 5) is 28.6. The summed E-state index contributed by atoms with van der Waals surface area (Å²) in [5.74, 6) is 1.20. The van der Waals surface area contributed by atoms with Gasteiger partial charge in [-0.25, -0.2) is 4.68 Å². The third-order valence-electron chi connectivity index (χ3n) is 6.77. The molecule has 2 aromatic heterocycles. The average molecular weight is 484 g/mol. The third kappa shape index (κ3) is 3.72. The van der Waals surface area contributed by atoms with E-state index in [9.17, 15) is 9.59 Å². The molecule has 176 valence electrons. The second-order valence-corrected chi connectivity index (χ2v) is 9.85. The number of thiophene rings is 1. The number of aromatic nitrogens is 2. The number of hydrogen-bond donors (Lipinski definition) is 2. The number of ether oxygens (including phenoxy) is 1. The molecule has 2 atom stereocenters. The number of anilines is 1. The minimum Gasteiger partial charge on any atom is -0.494 e. The molecular weight excluding hydrogens is 458 g/mol. The number of hydrogen-bond acceptors (Lipinski definition) is 5. The molecular formula is C28H25N3O3S. The Morgan fingerprint density at radius 3 is 2.51 bits per heavy atom. The van der Waals surface area contributed by atoms with Crippen molar-refractivity contribution in [2.75, 3.05) is 11.9 Å². The van der Waals surface area contributed by atoms with Crippen LogP contribution in [0.2, 0.25) is 0 Å². The summed E-state index contributed by atoms with van der Waals surface area (Å²) in [7, 11) is 0. The highest BCUT2D eigenvalue weighted by Crippen LogP contribution is 2.47. The first-order valence-electron chi connectivity index (χ1n) is 11.8. The van der Waals surface area contributed by atoms with Gasteiger partial charge in [0.05, 0.1) is 17.9 Å². The Labute approximate surface area is 206 Å². The smallest absolute Gasteiger partial charge is 0.277 e. The van der Waals surface area contributed by atoms with Crippen LogP contribution in [0.3, 0.4) is 0 Å². The van der Waals surface area contributed by atoms with Gasteiger partial charge >= 0.3 is 0 Å². The third-order valence-corrected chi connectivity index (χ3v) is 7.81. The number of nitrogens with zero attached hydrogens (tertiary/aromatic N) is 1. The quantitative estimate of drug-likeness (QED) is 0.388. The fraction of sp³-hybridized carbons (Fsp3) is 0.214. The van der Waals surface area contributed by atoms with Gasteiger partial charge in [0.15, 0.2) is 5.78 Å². The van der Waals surface area contributed by atoms with Gasteiger partial charge in [0, 0.05) is 34.4 Å². The molecule has 0 amide bonds. The van der Waals surface area contributed by atoms with Crippen LogP contribution in [0.4, 0.5) is 5.82 Å². The van der Waals surface area contributed by atoms with E-state index in [-0.39, 0.29) is 17.3 Å². The van der Waals surface area contributed by atoms with Crippen LogP contribution in [0.5, 0.6) is 5.75 Å². The number of carbonyl (C=O) groups excluding carboxylic acids is 1. The highest BCUT2D eigenvalue weighted by molar-refractivity contribution is 7.10. The molecule has 1 aliphatic heterocycles. The van der Waals surface area contributed by atoms with Crippen molar-refractivity contribution >= 4 is 22.9 Å². The minimum atomic E-state index is -0.442. The second-order valence-electron chi connectivity index (χ2n) is 8.87. The molecule has 3 heterocycles. The van der Waals surface area contributed by atoms with Gasteiger partial charge in [0.2, 0.25) is 0 Å². The van der Waals surface area contributed by atoms with E-state index in [0.29, 0.717) is 30.0 Å². The number of allylic oxidation sites excluding steroid dienone is 2. The Morgan fingerprint density at radius 2 is 1.80 bits per heavy atom. The number of ketones is 1. The van der Waals surface area contributed by atoms with Crippen LogP contribution in [0.15, 0.2) is 88.2 Å². The van der Waals surface area contributed by atoms with Crippen molar-refractivity contribution in [1.29, 1.82) is 0 Å². The number of carbonyl (C=O) groups is 1. The van der Waals surface area contributed by atoms with Gasteiger partial charge in [-0.15, -0.1) is 11.3 Å². The SMILES string of the molecule is CCOc1ccc([C@H]2C3=C(C[C@H](c4cccs4)CC3=O)Nc3[nH]n(-c4ccccc4)c(=O)c32)cc1. The molecule has 2 N–H and O–H groups in total. The lowest BCUT2D eigenvalue weighted by Gasteiger charge is -2.34. The fourth-order valence-electron chi connectivity index (χ4n) is 5.23. The van der Waals surface area contributed by atoms with E-state index in [0.717, 1.165) is 29.1 Å². The molecule has 0 spiro atoms. The van der Waals surface area contributed by atoms with E-state index in [4.69, 9.17) is 4.74 Å². The van der Waals surface area contributed by atoms with E-state index >= 15 is 0 Å². The van der Waals surface area contributed by atoms with Crippen molar-refractivity contribution in [3.8, 4) is 11.4 Å². The Balaban J connectivity index is 1.50. The lowest BCUT2D eigenvalue weighted by molar-refractivity contribution is -0.116. The molecule has 4 aromatic rings. The molecule has 2 aromatic carbocycles. The summed E-state index contributed by atoms with van der Waals surface area (Å²) in [6.45, 7) is 2.52. The lowest BCUT2D eigenvalue weighted by atomic mass is 9.74. The van der Waals surface area contributed by atoms with E-state index in [2.05, 4.69) is 21.9 Å². The van der Waals surface area contributed by atoms with Gasteiger partial charge in [-0.3, -0.25) is 14.7 Å². The van der Waals surface area contributed by atoms with Crippen LogP contribution in [0, 0.1) is 0 Å². The van der Waals surface area contributed by atoms with Gasteiger partial charge in [-0.2, -0.15) is 0 Å². The largest absolute Gasteiger partial charge is 0.494 e. The molecule has 0 saturated heterocycles. The van der Waals surface area contributed by atoms with E-state index < -0.39 is 5.92 Å². The normalized spacial score (nSPS) is 19.2. The Morgan fingerprint density at radius 1 is 1.00 bits per heavy atom. The van der Waals surface area contributed by atoms with Gasteiger partial charge in [0.25, 0.3) is 5.56 Å². The summed E-state index contributed by atoms with van der Waals surface area (Å²) in [5, 5.41) is 8.77. The molecule has 35 heavy (non-hydrogen) atoms. The summed E-state index contributed by atoms with van der Waals surface area (Å²) in [5.41, 5.74) is 3.66. The molecule has 0 bridgehead atoms. The second kappa shape index (κ2) is 8.74. The summed E-state index contributed by atoms with van der Waals surface area (Å²) >= 11 is 1.69. The van der Waals surface area contributed by atoms with E-state index in [1.165, 1.54) is 4.88 Å². The molecule has 0 unspecified atom stereocenters. The Kier molecular flexibility index (Phi) is 5.41. The van der Waals surface area contributed by atoms with Crippen LogP contribution in [-0.4, -0.2) is 22.2 Å². The van der Waals surface area contributed by atoms with Crippen LogP contribution < -0.4 is 15.6 Å². The lowest BCUT2D eigenvalue weighted by Crippen LogP contribution is -2.31. The molecule has 1 aliphatic carbocycles. The summed E-state index contributed by atoms with van der Waals surface area (Å²) in [6.07, 6.45) is 1.17.